The van der Waals surface area contributed by atoms with Crippen LogP contribution < -0.4 is 14.5 Å². The van der Waals surface area contributed by atoms with Crippen LogP contribution in [0.3, 0.4) is 0 Å². The number of nitrogens with zero attached hydrogens (tertiary/aromatic N) is 7. The number of hydrogen-bond donors (Lipinski definition) is 0. The monoisotopic (exact) mass is 623 g/mol. The molecule has 4 heterocycles. The van der Waals surface area contributed by atoms with Gasteiger partial charge in [-0.25, -0.2) is 4.79 Å². The molecule has 3 atom stereocenters. The van der Waals surface area contributed by atoms with Crippen molar-refractivity contribution in [2.45, 2.75) is 77.1 Å². The maximum Gasteiger partial charge on any atom is 0.410 e. The van der Waals surface area contributed by atoms with Crippen LogP contribution in [0, 0.1) is 17.2 Å². The maximum absolute atomic E-state index is 13.1. The van der Waals surface area contributed by atoms with Crippen LogP contribution in [0.5, 0.6) is 6.01 Å². The second-order valence-electron chi connectivity index (χ2n) is 14.2. The van der Waals surface area contributed by atoms with Crippen LogP contribution in [0.4, 0.5) is 16.3 Å². The summed E-state index contributed by atoms with van der Waals surface area (Å²) in [5.74, 6) is 1.79. The minimum absolute atomic E-state index is 0.222. The number of hydrogen-bond acceptors (Lipinski definition) is 9. The predicted molar refractivity (Wildman–Crippen MR) is 178 cm³/mol. The molecule has 1 amide bonds. The van der Waals surface area contributed by atoms with Gasteiger partial charge in [-0.1, -0.05) is 36.4 Å². The van der Waals surface area contributed by atoms with Gasteiger partial charge in [-0.05, 0) is 63.8 Å². The molecule has 0 bridgehead atoms. The first-order valence-electron chi connectivity index (χ1n) is 16.9. The first-order valence-corrected chi connectivity index (χ1v) is 16.9. The molecule has 10 nitrogen and oxygen atoms in total. The Labute approximate surface area is 271 Å². The normalized spacial score (nSPS) is 22.7. The number of ether oxygens (including phenoxy) is 2. The summed E-state index contributed by atoms with van der Waals surface area (Å²) in [5, 5.41) is 12.1. The van der Waals surface area contributed by atoms with Gasteiger partial charge in [-0.2, -0.15) is 15.2 Å². The van der Waals surface area contributed by atoms with Crippen molar-refractivity contribution in [3.05, 3.63) is 53.7 Å². The van der Waals surface area contributed by atoms with Crippen molar-refractivity contribution in [3.63, 3.8) is 0 Å². The number of nitriles is 1. The number of likely N-dealkylation sites (tertiary alicyclic amines) is 1. The van der Waals surface area contributed by atoms with Crippen molar-refractivity contribution in [1.82, 2.24) is 19.8 Å². The minimum atomic E-state index is -0.603. The van der Waals surface area contributed by atoms with E-state index in [1.165, 1.54) is 35.8 Å². The Balaban J connectivity index is 1.13. The van der Waals surface area contributed by atoms with Gasteiger partial charge in [-0.3, -0.25) is 4.90 Å². The molecule has 1 aliphatic carbocycles. The molecule has 3 aliphatic heterocycles. The van der Waals surface area contributed by atoms with E-state index in [9.17, 15) is 10.1 Å². The molecule has 46 heavy (non-hydrogen) atoms. The average molecular weight is 624 g/mol. The molecule has 7 rings (SSSR count). The van der Waals surface area contributed by atoms with Crippen LogP contribution >= 0.6 is 0 Å². The summed E-state index contributed by atoms with van der Waals surface area (Å²) in [4.78, 5) is 32.0. The van der Waals surface area contributed by atoms with E-state index in [1.807, 2.05) is 20.8 Å². The summed E-state index contributed by atoms with van der Waals surface area (Å²) in [6.45, 7) is 11.5. The number of benzene rings is 2. The molecule has 3 fully saturated rings. The molecule has 4 aliphatic rings. The lowest BCUT2D eigenvalue weighted by Gasteiger charge is -2.56. The number of aromatic nitrogens is 2. The molecule has 3 aromatic rings. The Morgan fingerprint density at radius 2 is 1.87 bits per heavy atom. The van der Waals surface area contributed by atoms with Crippen molar-refractivity contribution in [2.75, 3.05) is 55.7 Å². The molecule has 242 valence electrons. The highest BCUT2D eigenvalue weighted by atomic mass is 16.6. The van der Waals surface area contributed by atoms with E-state index in [-0.39, 0.29) is 18.6 Å². The van der Waals surface area contributed by atoms with Crippen molar-refractivity contribution < 1.29 is 14.3 Å². The van der Waals surface area contributed by atoms with Gasteiger partial charge in [0, 0.05) is 61.9 Å². The second kappa shape index (κ2) is 12.6. The number of amides is 1. The number of carbonyl (C=O) groups excluding carboxylic acids is 1. The second-order valence-corrected chi connectivity index (χ2v) is 14.2. The molecular formula is C36H45N7O3. The van der Waals surface area contributed by atoms with Gasteiger partial charge in [-0.15, -0.1) is 0 Å². The molecule has 1 saturated carbocycles. The molecule has 2 unspecified atom stereocenters. The highest BCUT2D eigenvalue weighted by Crippen LogP contribution is 2.41. The fraction of sp³-hybridized carbons (Fsp3) is 0.556. The van der Waals surface area contributed by atoms with E-state index >= 15 is 0 Å². The van der Waals surface area contributed by atoms with Crippen LogP contribution in [0.15, 0.2) is 42.5 Å². The van der Waals surface area contributed by atoms with Gasteiger partial charge in [0.05, 0.1) is 37.4 Å². The lowest BCUT2D eigenvalue weighted by Crippen LogP contribution is -2.62. The Morgan fingerprint density at radius 3 is 2.63 bits per heavy atom. The van der Waals surface area contributed by atoms with Crippen molar-refractivity contribution in [3.8, 4) is 12.1 Å². The van der Waals surface area contributed by atoms with Gasteiger partial charge in [0.25, 0.3) is 0 Å². The predicted octanol–water partition coefficient (Wildman–Crippen LogP) is 5.39. The lowest BCUT2D eigenvalue weighted by atomic mass is 9.71. The Hall–Kier alpha value is -4.10. The first-order chi connectivity index (χ1) is 22.3. The van der Waals surface area contributed by atoms with E-state index in [0.717, 1.165) is 55.0 Å². The summed E-state index contributed by atoms with van der Waals surface area (Å²) in [7, 11) is 0. The third-order valence-electron chi connectivity index (χ3n) is 10.0. The quantitative estimate of drug-likeness (QED) is 0.306. The van der Waals surface area contributed by atoms with Crippen LogP contribution in [0.25, 0.3) is 10.8 Å². The van der Waals surface area contributed by atoms with Gasteiger partial charge in [0.2, 0.25) is 0 Å². The zero-order valence-electron chi connectivity index (χ0n) is 27.3. The Kier molecular flexibility index (Phi) is 8.36. The van der Waals surface area contributed by atoms with Crippen LogP contribution in [-0.4, -0.2) is 89.4 Å². The summed E-state index contributed by atoms with van der Waals surface area (Å²) in [6, 6.07) is 18.2. The lowest BCUT2D eigenvalue weighted by molar-refractivity contribution is -0.0601. The Bertz CT molecular complexity index is 1630. The zero-order chi connectivity index (χ0) is 31.8. The molecule has 2 saturated heterocycles. The van der Waals surface area contributed by atoms with E-state index in [4.69, 9.17) is 19.4 Å². The standard InChI is InChI=1S/C36H45N7O3/c1-36(2,3)46-35(44)43-20-19-42(23-27(43)14-16-37)33-29-15-18-41(32-11-6-9-25-8-4-5-10-28(25)32)24-30(29)38-34(39-33)45-21-7-17-40-22-26-12-13-31(26)40/h4-6,8-11,26-27,31H,7,12-15,17-24H2,1-3H3/t26?,27?,31-/m1/s1. The third-order valence-corrected chi connectivity index (χ3v) is 10.0. The summed E-state index contributed by atoms with van der Waals surface area (Å²) in [6.07, 6.45) is 4.31. The van der Waals surface area contributed by atoms with Crippen LogP contribution in [0.1, 0.15) is 57.7 Å². The highest BCUT2D eigenvalue weighted by molar-refractivity contribution is 5.94. The number of piperidine rings is 1. The molecule has 0 radical (unpaired) electrons. The molecule has 2 aromatic carbocycles. The number of rotatable bonds is 8. The molecule has 10 heteroatoms. The number of fused-ring (bicyclic) bond motifs is 3. The molecular weight excluding hydrogens is 578 g/mol. The van der Waals surface area contributed by atoms with Gasteiger partial charge < -0.3 is 24.2 Å². The molecule has 0 spiro atoms. The van der Waals surface area contributed by atoms with E-state index in [2.05, 4.69) is 63.2 Å². The van der Waals surface area contributed by atoms with Crippen molar-refractivity contribution in [1.29, 1.82) is 5.26 Å². The fourth-order valence-corrected chi connectivity index (χ4v) is 7.52. The number of carbonyl (C=O) groups is 1. The SMILES string of the molecule is CC(C)(C)OC(=O)N1CCN(c2nc(OCCCN3CC4CC[C@H]43)nc3c2CCN(c2cccc4ccccc24)C3)CC1CC#N. The summed E-state index contributed by atoms with van der Waals surface area (Å²) >= 11 is 0. The molecule has 1 aromatic heterocycles. The van der Waals surface area contributed by atoms with E-state index in [0.29, 0.717) is 38.8 Å². The maximum atomic E-state index is 13.1. The largest absolute Gasteiger partial charge is 0.463 e. The Morgan fingerprint density at radius 1 is 1.02 bits per heavy atom. The van der Waals surface area contributed by atoms with Crippen LogP contribution in [-0.2, 0) is 17.7 Å². The average Bonchev–Trinajstić information content (AvgIpc) is 3.03. The highest BCUT2D eigenvalue weighted by Gasteiger charge is 2.44. The summed E-state index contributed by atoms with van der Waals surface area (Å²) < 4.78 is 12.0. The number of anilines is 2. The minimum Gasteiger partial charge on any atom is -0.463 e. The smallest absolute Gasteiger partial charge is 0.410 e. The number of piperazine rings is 1. The van der Waals surface area contributed by atoms with Gasteiger partial charge >= 0.3 is 12.1 Å². The van der Waals surface area contributed by atoms with Crippen LogP contribution in [0.2, 0.25) is 0 Å². The fourth-order valence-electron chi connectivity index (χ4n) is 7.52. The van der Waals surface area contributed by atoms with E-state index in [1.54, 1.807) is 4.90 Å². The summed E-state index contributed by atoms with van der Waals surface area (Å²) in [5.41, 5.74) is 2.71. The first kappa shape index (κ1) is 30.5. The van der Waals surface area contributed by atoms with Crippen molar-refractivity contribution in [2.24, 2.45) is 5.92 Å². The van der Waals surface area contributed by atoms with E-state index < -0.39 is 5.60 Å². The topological polar surface area (TPSA) is 98.1 Å². The van der Waals surface area contributed by atoms with Crippen molar-refractivity contribution >= 4 is 28.4 Å². The third kappa shape index (κ3) is 6.17. The molecule has 0 N–H and O–H groups in total. The van der Waals surface area contributed by atoms with Gasteiger partial charge in [0.1, 0.15) is 11.4 Å². The zero-order valence-corrected chi connectivity index (χ0v) is 27.3. The van der Waals surface area contributed by atoms with Gasteiger partial charge in [0.15, 0.2) is 0 Å².